The summed E-state index contributed by atoms with van der Waals surface area (Å²) in [4.78, 5) is 4.96. The SMILES string of the molecule is CC1(C)c2ccccc2N(c2ccc3c(-c4ccccc4)c4ccc(N5c6ccccc6C(C)(C)c6ccccc65)cc4c(-c4ccccc4)c3c2)c2ccccc21. The van der Waals surface area contributed by atoms with E-state index in [-0.39, 0.29) is 10.8 Å². The molecule has 0 N–H and O–H groups in total. The number of rotatable bonds is 4. The highest BCUT2D eigenvalue weighted by molar-refractivity contribution is 6.22. The lowest BCUT2D eigenvalue weighted by atomic mass is 9.73. The maximum atomic E-state index is 2.48. The third-order valence-electron chi connectivity index (χ3n) is 13.0. The zero-order chi connectivity index (χ0) is 39.2. The van der Waals surface area contributed by atoms with Gasteiger partial charge in [0.2, 0.25) is 0 Å². The van der Waals surface area contributed by atoms with Crippen molar-refractivity contribution in [3.05, 3.63) is 216 Å². The molecule has 2 aliphatic heterocycles. The van der Waals surface area contributed by atoms with Crippen molar-refractivity contribution in [2.75, 3.05) is 9.80 Å². The number of fused-ring (bicyclic) bond motifs is 6. The third kappa shape index (κ3) is 4.98. The van der Waals surface area contributed by atoms with Gasteiger partial charge < -0.3 is 9.80 Å². The summed E-state index contributed by atoms with van der Waals surface area (Å²) in [7, 11) is 0. The van der Waals surface area contributed by atoms with E-state index in [4.69, 9.17) is 0 Å². The van der Waals surface area contributed by atoms with Gasteiger partial charge in [0.15, 0.2) is 0 Å². The molecule has 0 aliphatic carbocycles. The second kappa shape index (κ2) is 12.8. The Hall–Kier alpha value is -6.90. The highest BCUT2D eigenvalue weighted by atomic mass is 15.2. The van der Waals surface area contributed by atoms with Crippen LogP contribution in [0.5, 0.6) is 0 Å². The number of anilines is 6. The van der Waals surface area contributed by atoms with Gasteiger partial charge in [0.05, 0.1) is 22.7 Å². The molecular formula is C56H44N2. The Labute approximate surface area is 341 Å². The van der Waals surface area contributed by atoms with Crippen molar-refractivity contribution in [2.24, 2.45) is 0 Å². The third-order valence-corrected chi connectivity index (χ3v) is 13.0. The highest BCUT2D eigenvalue weighted by Crippen LogP contribution is 2.55. The van der Waals surface area contributed by atoms with Crippen LogP contribution in [-0.4, -0.2) is 0 Å². The van der Waals surface area contributed by atoms with Gasteiger partial charge in [-0.05, 0) is 115 Å². The molecule has 2 nitrogen and oxygen atoms in total. The van der Waals surface area contributed by atoms with Crippen molar-refractivity contribution in [1.82, 2.24) is 0 Å². The zero-order valence-corrected chi connectivity index (χ0v) is 33.4. The van der Waals surface area contributed by atoms with Crippen molar-refractivity contribution >= 4 is 55.7 Å². The minimum absolute atomic E-state index is 0.135. The average Bonchev–Trinajstić information content (AvgIpc) is 3.26. The number of hydrogen-bond acceptors (Lipinski definition) is 2. The molecule has 9 aromatic carbocycles. The van der Waals surface area contributed by atoms with E-state index in [1.54, 1.807) is 0 Å². The molecule has 0 fully saturated rings. The van der Waals surface area contributed by atoms with Crippen LogP contribution in [0.1, 0.15) is 49.9 Å². The van der Waals surface area contributed by atoms with E-state index in [1.165, 1.54) is 88.8 Å². The van der Waals surface area contributed by atoms with Crippen molar-refractivity contribution in [2.45, 2.75) is 38.5 Å². The summed E-state index contributed by atoms with van der Waals surface area (Å²) in [5, 5.41) is 4.94. The largest absolute Gasteiger partial charge is 0.310 e. The molecule has 0 saturated heterocycles. The molecule has 0 atom stereocenters. The Balaban J connectivity index is 1.24. The maximum Gasteiger partial charge on any atom is 0.0502 e. The number of benzene rings is 9. The molecule has 9 aromatic rings. The van der Waals surface area contributed by atoms with Crippen LogP contribution in [0.3, 0.4) is 0 Å². The lowest BCUT2D eigenvalue weighted by Crippen LogP contribution is -2.30. The maximum absolute atomic E-state index is 2.48. The van der Waals surface area contributed by atoms with E-state index in [2.05, 4.69) is 232 Å². The van der Waals surface area contributed by atoms with Crippen LogP contribution in [0.15, 0.2) is 194 Å². The minimum Gasteiger partial charge on any atom is -0.310 e. The first kappa shape index (κ1) is 34.4. The predicted octanol–water partition coefficient (Wildman–Crippen LogP) is 15.5. The van der Waals surface area contributed by atoms with Crippen LogP contribution in [0, 0.1) is 0 Å². The van der Waals surface area contributed by atoms with E-state index >= 15 is 0 Å². The second-order valence-electron chi connectivity index (χ2n) is 16.9. The smallest absolute Gasteiger partial charge is 0.0502 e. The average molecular weight is 745 g/mol. The zero-order valence-electron chi connectivity index (χ0n) is 33.4. The lowest BCUT2D eigenvalue weighted by molar-refractivity contribution is 0.632. The topological polar surface area (TPSA) is 6.48 Å². The number of hydrogen-bond donors (Lipinski definition) is 0. The molecule has 0 saturated carbocycles. The molecule has 278 valence electrons. The van der Waals surface area contributed by atoms with Crippen molar-refractivity contribution in [1.29, 1.82) is 0 Å². The molecule has 11 rings (SSSR count). The van der Waals surface area contributed by atoms with Crippen molar-refractivity contribution in [3.63, 3.8) is 0 Å². The van der Waals surface area contributed by atoms with E-state index in [0.717, 1.165) is 11.4 Å². The fourth-order valence-corrected chi connectivity index (χ4v) is 10.2. The molecule has 0 spiro atoms. The van der Waals surface area contributed by atoms with Crippen LogP contribution in [0.2, 0.25) is 0 Å². The standard InChI is InChI=1S/C56H44N2/c1-55(2)45-23-11-15-27-49(45)57(50-28-16-12-24-46(50)55)39-31-33-41-43(35-39)54(38-21-9-6-10-22-38)44-36-40(32-34-42(44)53(41)37-19-7-5-8-20-37)58-51-29-17-13-25-47(51)56(3,4)48-26-14-18-30-52(48)58/h5-36H,1-4H3. The summed E-state index contributed by atoms with van der Waals surface area (Å²) < 4.78 is 0. The number of para-hydroxylation sites is 4. The number of nitrogens with zero attached hydrogens (tertiary/aromatic N) is 2. The van der Waals surface area contributed by atoms with Gasteiger partial charge in [-0.3, -0.25) is 0 Å². The Morgan fingerprint density at radius 1 is 0.293 bits per heavy atom. The molecule has 2 heterocycles. The Morgan fingerprint density at radius 2 is 0.586 bits per heavy atom. The first-order valence-electron chi connectivity index (χ1n) is 20.4. The van der Waals surface area contributed by atoms with Crippen LogP contribution in [0.25, 0.3) is 43.8 Å². The Bertz CT molecular complexity index is 2800. The van der Waals surface area contributed by atoms with Gasteiger partial charge in [0.1, 0.15) is 0 Å². The van der Waals surface area contributed by atoms with Gasteiger partial charge in [-0.2, -0.15) is 0 Å². The molecule has 0 unspecified atom stereocenters. The van der Waals surface area contributed by atoms with Crippen LogP contribution >= 0.6 is 0 Å². The van der Waals surface area contributed by atoms with Gasteiger partial charge in [-0.25, -0.2) is 0 Å². The normalized spacial score (nSPS) is 14.8. The van der Waals surface area contributed by atoms with Crippen molar-refractivity contribution < 1.29 is 0 Å². The monoisotopic (exact) mass is 744 g/mol. The van der Waals surface area contributed by atoms with Gasteiger partial charge in [0.25, 0.3) is 0 Å². The molecule has 0 bridgehead atoms. The molecule has 2 aliphatic rings. The van der Waals surface area contributed by atoms with E-state index in [0.29, 0.717) is 0 Å². The van der Waals surface area contributed by atoms with Gasteiger partial charge >= 0.3 is 0 Å². The fraction of sp³-hybridized carbons (Fsp3) is 0.107. The van der Waals surface area contributed by atoms with E-state index < -0.39 is 0 Å². The predicted molar refractivity (Wildman–Crippen MR) is 246 cm³/mol. The first-order valence-corrected chi connectivity index (χ1v) is 20.4. The summed E-state index contributed by atoms with van der Waals surface area (Å²) in [5.41, 5.74) is 17.2. The van der Waals surface area contributed by atoms with Crippen LogP contribution in [0.4, 0.5) is 34.1 Å². The Morgan fingerprint density at radius 3 is 0.931 bits per heavy atom. The molecular weight excluding hydrogens is 701 g/mol. The molecule has 58 heavy (non-hydrogen) atoms. The van der Waals surface area contributed by atoms with Gasteiger partial charge in [0, 0.05) is 22.2 Å². The fourth-order valence-electron chi connectivity index (χ4n) is 10.2. The Kier molecular flexibility index (Phi) is 7.59. The molecule has 2 heteroatoms. The lowest BCUT2D eigenvalue weighted by Gasteiger charge is -2.42. The van der Waals surface area contributed by atoms with Gasteiger partial charge in [-0.15, -0.1) is 0 Å². The first-order chi connectivity index (χ1) is 28.3. The minimum atomic E-state index is -0.135. The van der Waals surface area contributed by atoms with Gasteiger partial charge in [-0.1, -0.05) is 173 Å². The van der Waals surface area contributed by atoms with Crippen LogP contribution in [-0.2, 0) is 10.8 Å². The summed E-state index contributed by atoms with van der Waals surface area (Å²) in [6, 6.07) is 72.0. The van der Waals surface area contributed by atoms with E-state index in [9.17, 15) is 0 Å². The van der Waals surface area contributed by atoms with Crippen molar-refractivity contribution in [3.8, 4) is 22.3 Å². The quantitative estimate of drug-likeness (QED) is 0.166. The summed E-state index contributed by atoms with van der Waals surface area (Å²) >= 11 is 0. The molecule has 0 aromatic heterocycles. The summed E-state index contributed by atoms with van der Waals surface area (Å²) in [5.74, 6) is 0. The van der Waals surface area contributed by atoms with E-state index in [1.807, 2.05) is 0 Å². The van der Waals surface area contributed by atoms with Crippen LogP contribution < -0.4 is 9.80 Å². The highest BCUT2D eigenvalue weighted by Gasteiger charge is 2.38. The molecule has 0 amide bonds. The summed E-state index contributed by atoms with van der Waals surface area (Å²) in [6.07, 6.45) is 0. The second-order valence-corrected chi connectivity index (χ2v) is 16.9. The summed E-state index contributed by atoms with van der Waals surface area (Å²) in [6.45, 7) is 9.41. The molecule has 0 radical (unpaired) electrons.